The van der Waals surface area contributed by atoms with Crippen LogP contribution in [0.5, 0.6) is 5.75 Å². The Morgan fingerprint density at radius 3 is 2.65 bits per heavy atom. The zero-order chi connectivity index (χ0) is 16.1. The molecule has 3 rings (SSSR count). The Balaban J connectivity index is 1.56. The molecule has 0 aliphatic rings. The summed E-state index contributed by atoms with van der Waals surface area (Å²) in [6.45, 7) is 3.80. The molecule has 1 heterocycles. The van der Waals surface area contributed by atoms with Gasteiger partial charge < -0.3 is 9.30 Å². The van der Waals surface area contributed by atoms with Crippen LogP contribution in [-0.2, 0) is 13.0 Å². The van der Waals surface area contributed by atoms with Gasteiger partial charge in [-0.25, -0.2) is 4.98 Å². The first-order valence-corrected chi connectivity index (χ1v) is 8.49. The number of aromatic nitrogens is 2. The Kier molecular flexibility index (Phi) is 5.19. The molecular formula is C19H21ClN2O. The number of nitrogens with zero attached hydrogens (tertiary/aromatic N) is 2. The third-order valence-corrected chi connectivity index (χ3v) is 4.23. The highest BCUT2D eigenvalue weighted by Crippen LogP contribution is 2.23. The molecule has 120 valence electrons. The van der Waals surface area contributed by atoms with Crippen LogP contribution in [0.2, 0.25) is 5.02 Å². The van der Waals surface area contributed by atoms with Crippen molar-refractivity contribution in [3.63, 3.8) is 0 Å². The van der Waals surface area contributed by atoms with E-state index in [4.69, 9.17) is 21.3 Å². The van der Waals surface area contributed by atoms with E-state index in [1.54, 1.807) is 0 Å². The lowest BCUT2D eigenvalue weighted by Gasteiger charge is -2.10. The molecule has 0 radical (unpaired) electrons. The van der Waals surface area contributed by atoms with Crippen LogP contribution in [0.1, 0.15) is 25.6 Å². The summed E-state index contributed by atoms with van der Waals surface area (Å²) in [6.07, 6.45) is 2.99. The first kappa shape index (κ1) is 15.9. The van der Waals surface area contributed by atoms with Crippen molar-refractivity contribution in [1.82, 2.24) is 9.55 Å². The smallest absolute Gasteiger partial charge is 0.137 e. The molecular weight excluding hydrogens is 308 g/mol. The van der Waals surface area contributed by atoms with Crippen LogP contribution in [0.3, 0.4) is 0 Å². The largest absolute Gasteiger partial charge is 0.492 e. The van der Waals surface area contributed by atoms with E-state index in [1.807, 2.05) is 30.3 Å². The molecule has 0 aliphatic heterocycles. The van der Waals surface area contributed by atoms with Crippen molar-refractivity contribution in [2.45, 2.75) is 32.7 Å². The van der Waals surface area contributed by atoms with E-state index in [2.05, 4.69) is 29.7 Å². The van der Waals surface area contributed by atoms with Crippen LogP contribution in [0.15, 0.2) is 48.5 Å². The van der Waals surface area contributed by atoms with Crippen molar-refractivity contribution in [3.05, 3.63) is 59.4 Å². The number of fused-ring (bicyclic) bond motifs is 1. The monoisotopic (exact) mass is 328 g/mol. The van der Waals surface area contributed by atoms with Crippen molar-refractivity contribution in [2.75, 3.05) is 6.61 Å². The topological polar surface area (TPSA) is 27.1 Å². The van der Waals surface area contributed by atoms with Crippen LogP contribution in [0, 0.1) is 0 Å². The van der Waals surface area contributed by atoms with E-state index in [9.17, 15) is 0 Å². The molecule has 0 bridgehead atoms. The van der Waals surface area contributed by atoms with Gasteiger partial charge in [0.1, 0.15) is 11.6 Å². The summed E-state index contributed by atoms with van der Waals surface area (Å²) < 4.78 is 8.07. The molecule has 0 spiro atoms. The van der Waals surface area contributed by atoms with E-state index in [-0.39, 0.29) is 0 Å². The summed E-state index contributed by atoms with van der Waals surface area (Å²) in [5, 5.41) is 0.668. The molecule has 0 atom stereocenters. The van der Waals surface area contributed by atoms with Crippen LogP contribution < -0.4 is 4.74 Å². The highest BCUT2D eigenvalue weighted by Gasteiger charge is 2.08. The minimum absolute atomic E-state index is 0.668. The Hall–Kier alpha value is -2.00. The van der Waals surface area contributed by atoms with Gasteiger partial charge in [-0.1, -0.05) is 42.8 Å². The van der Waals surface area contributed by atoms with E-state index in [1.165, 1.54) is 5.52 Å². The number of rotatable bonds is 7. The normalized spacial score (nSPS) is 11.0. The van der Waals surface area contributed by atoms with Gasteiger partial charge in [0.2, 0.25) is 0 Å². The van der Waals surface area contributed by atoms with Crippen LogP contribution in [0.4, 0.5) is 0 Å². The molecule has 0 aliphatic carbocycles. The lowest BCUT2D eigenvalue weighted by molar-refractivity contribution is 0.303. The average molecular weight is 329 g/mol. The average Bonchev–Trinajstić information content (AvgIpc) is 2.94. The molecule has 0 N–H and O–H groups in total. The van der Waals surface area contributed by atoms with Gasteiger partial charge in [-0.05, 0) is 37.1 Å². The molecule has 23 heavy (non-hydrogen) atoms. The maximum Gasteiger partial charge on any atom is 0.137 e. The van der Waals surface area contributed by atoms with E-state index >= 15 is 0 Å². The number of ether oxygens (including phenoxy) is 1. The summed E-state index contributed by atoms with van der Waals surface area (Å²) >= 11 is 6.09. The lowest BCUT2D eigenvalue weighted by atomic mass is 10.3. The maximum atomic E-state index is 6.09. The molecule has 3 aromatic rings. The molecule has 0 saturated heterocycles. The number of benzene rings is 2. The first-order chi connectivity index (χ1) is 11.3. The van der Waals surface area contributed by atoms with Gasteiger partial charge in [0.25, 0.3) is 0 Å². The zero-order valence-electron chi connectivity index (χ0n) is 13.3. The standard InChI is InChI=1S/C19H21ClN2O/c1-2-19-21-16-10-4-5-11-17(16)22(19)13-7-8-14-23-18-12-6-3-9-15(18)20/h3-6,9-12H,2,7-8,13-14H2,1H3. The SMILES string of the molecule is CCc1nc2ccccc2n1CCCCOc1ccccc1Cl. The lowest BCUT2D eigenvalue weighted by Crippen LogP contribution is -2.05. The van der Waals surface area contributed by atoms with E-state index in [0.717, 1.165) is 42.9 Å². The van der Waals surface area contributed by atoms with Crippen LogP contribution >= 0.6 is 11.6 Å². The van der Waals surface area contributed by atoms with Crippen LogP contribution in [-0.4, -0.2) is 16.2 Å². The number of halogens is 1. The predicted molar refractivity (Wildman–Crippen MR) is 95.3 cm³/mol. The Morgan fingerprint density at radius 2 is 1.83 bits per heavy atom. The third-order valence-electron chi connectivity index (χ3n) is 3.92. The Labute approximate surface area is 141 Å². The second kappa shape index (κ2) is 7.51. The molecule has 0 saturated carbocycles. The van der Waals surface area contributed by atoms with Gasteiger partial charge in [-0.3, -0.25) is 0 Å². The van der Waals surface area contributed by atoms with E-state index in [0.29, 0.717) is 11.6 Å². The third kappa shape index (κ3) is 3.67. The molecule has 0 amide bonds. The predicted octanol–water partition coefficient (Wildman–Crippen LogP) is 5.11. The van der Waals surface area contributed by atoms with Gasteiger partial charge in [0, 0.05) is 13.0 Å². The summed E-state index contributed by atoms with van der Waals surface area (Å²) in [5.41, 5.74) is 2.30. The van der Waals surface area contributed by atoms with Gasteiger partial charge in [0.15, 0.2) is 0 Å². The Bertz CT molecular complexity index is 782. The van der Waals surface area contributed by atoms with Crippen molar-refractivity contribution >= 4 is 22.6 Å². The minimum Gasteiger partial charge on any atom is -0.492 e. The van der Waals surface area contributed by atoms with Gasteiger partial charge in [0.05, 0.1) is 22.7 Å². The number of hydrogen-bond acceptors (Lipinski definition) is 2. The molecule has 4 heteroatoms. The fourth-order valence-electron chi connectivity index (χ4n) is 2.76. The molecule has 1 aromatic heterocycles. The zero-order valence-corrected chi connectivity index (χ0v) is 14.1. The highest BCUT2D eigenvalue weighted by atomic mass is 35.5. The first-order valence-electron chi connectivity index (χ1n) is 8.11. The summed E-state index contributed by atoms with van der Waals surface area (Å²) in [4.78, 5) is 4.70. The van der Waals surface area contributed by atoms with Crippen LogP contribution in [0.25, 0.3) is 11.0 Å². The minimum atomic E-state index is 0.668. The number of hydrogen-bond donors (Lipinski definition) is 0. The summed E-state index contributed by atoms with van der Waals surface area (Å²) in [6, 6.07) is 15.9. The second-order valence-corrected chi connectivity index (χ2v) is 5.92. The van der Waals surface area contributed by atoms with Crippen molar-refractivity contribution in [1.29, 1.82) is 0 Å². The fourth-order valence-corrected chi connectivity index (χ4v) is 2.95. The number of para-hydroxylation sites is 3. The van der Waals surface area contributed by atoms with Crippen molar-refractivity contribution < 1.29 is 4.74 Å². The maximum absolute atomic E-state index is 6.09. The second-order valence-electron chi connectivity index (χ2n) is 5.51. The summed E-state index contributed by atoms with van der Waals surface area (Å²) in [5.74, 6) is 1.91. The molecule has 0 fully saturated rings. The molecule has 3 nitrogen and oxygen atoms in total. The van der Waals surface area contributed by atoms with Gasteiger partial charge in [-0.2, -0.15) is 0 Å². The summed E-state index contributed by atoms with van der Waals surface area (Å²) in [7, 11) is 0. The van der Waals surface area contributed by atoms with Gasteiger partial charge in [-0.15, -0.1) is 0 Å². The number of aryl methyl sites for hydroxylation is 2. The van der Waals surface area contributed by atoms with Gasteiger partial charge >= 0.3 is 0 Å². The number of unbranched alkanes of at least 4 members (excludes halogenated alkanes) is 1. The molecule has 2 aromatic carbocycles. The van der Waals surface area contributed by atoms with E-state index < -0.39 is 0 Å². The van der Waals surface area contributed by atoms with Crippen molar-refractivity contribution in [3.8, 4) is 5.75 Å². The van der Waals surface area contributed by atoms with Crippen molar-refractivity contribution in [2.24, 2.45) is 0 Å². The Morgan fingerprint density at radius 1 is 1.04 bits per heavy atom. The highest BCUT2D eigenvalue weighted by molar-refractivity contribution is 6.32. The molecule has 0 unspecified atom stereocenters. The number of imidazole rings is 1. The quantitative estimate of drug-likeness (QED) is 0.563. The fraction of sp³-hybridized carbons (Fsp3) is 0.316.